The van der Waals surface area contributed by atoms with Gasteiger partial charge in [-0.05, 0) is 36.8 Å². The lowest BCUT2D eigenvalue weighted by Gasteiger charge is -2.31. The summed E-state index contributed by atoms with van der Waals surface area (Å²) in [4.78, 5) is 1.29. The number of benzene rings is 1. The van der Waals surface area contributed by atoms with Crippen molar-refractivity contribution in [1.29, 1.82) is 0 Å². The lowest BCUT2D eigenvalue weighted by Crippen LogP contribution is -2.47. The minimum Gasteiger partial charge on any atom is -0.394 e. The summed E-state index contributed by atoms with van der Waals surface area (Å²) in [6.07, 6.45) is 3.98. The normalized spacial score (nSPS) is 11.8. The summed E-state index contributed by atoms with van der Waals surface area (Å²) >= 11 is 1.75. The molecule has 0 aliphatic rings. The van der Waals surface area contributed by atoms with Crippen molar-refractivity contribution in [3.63, 3.8) is 0 Å². The Kier molecular flexibility index (Phi) is 6.03. The van der Waals surface area contributed by atoms with Gasteiger partial charge < -0.3 is 10.4 Å². The van der Waals surface area contributed by atoms with Crippen LogP contribution in [0.5, 0.6) is 0 Å². The van der Waals surface area contributed by atoms with Crippen LogP contribution >= 0.6 is 11.8 Å². The molecule has 1 aromatic rings. The Labute approximate surface area is 109 Å². The van der Waals surface area contributed by atoms with Gasteiger partial charge >= 0.3 is 0 Å². The van der Waals surface area contributed by atoms with Crippen molar-refractivity contribution in [1.82, 2.24) is 5.32 Å². The van der Waals surface area contributed by atoms with E-state index in [-0.39, 0.29) is 12.1 Å². The number of hydrogen-bond donors (Lipinski definition) is 2. The Balaban J connectivity index is 2.59. The van der Waals surface area contributed by atoms with Gasteiger partial charge in [0.25, 0.3) is 0 Å². The number of thioether (sulfide) groups is 1. The average Bonchev–Trinajstić information content (AvgIpc) is 2.41. The van der Waals surface area contributed by atoms with E-state index in [0.29, 0.717) is 0 Å². The largest absolute Gasteiger partial charge is 0.394 e. The zero-order chi connectivity index (χ0) is 12.7. The second-order valence-corrected chi connectivity index (χ2v) is 5.23. The van der Waals surface area contributed by atoms with Crippen LogP contribution in [0.1, 0.15) is 32.3 Å². The molecule has 2 N–H and O–H groups in total. The van der Waals surface area contributed by atoms with Crippen LogP contribution in [0.2, 0.25) is 0 Å². The Morgan fingerprint density at radius 3 is 2.18 bits per heavy atom. The predicted molar refractivity (Wildman–Crippen MR) is 75.5 cm³/mol. The molecule has 96 valence electrons. The zero-order valence-corrected chi connectivity index (χ0v) is 11.8. The van der Waals surface area contributed by atoms with Crippen LogP contribution in [0.25, 0.3) is 0 Å². The highest BCUT2D eigenvalue weighted by molar-refractivity contribution is 7.98. The van der Waals surface area contributed by atoms with Crippen molar-refractivity contribution in [3.8, 4) is 0 Å². The maximum Gasteiger partial charge on any atom is 0.0613 e. The molecule has 0 radical (unpaired) electrons. The van der Waals surface area contributed by atoms with Crippen molar-refractivity contribution in [3.05, 3.63) is 29.8 Å². The molecule has 0 aliphatic heterocycles. The quantitative estimate of drug-likeness (QED) is 0.733. The van der Waals surface area contributed by atoms with E-state index in [4.69, 9.17) is 0 Å². The highest BCUT2D eigenvalue weighted by Crippen LogP contribution is 2.17. The Morgan fingerprint density at radius 2 is 1.76 bits per heavy atom. The van der Waals surface area contributed by atoms with Crippen molar-refractivity contribution < 1.29 is 5.11 Å². The summed E-state index contributed by atoms with van der Waals surface area (Å²) in [5.74, 6) is 0. The molecule has 2 nitrogen and oxygen atoms in total. The van der Waals surface area contributed by atoms with E-state index in [1.54, 1.807) is 11.8 Å². The van der Waals surface area contributed by atoms with E-state index in [9.17, 15) is 5.11 Å². The van der Waals surface area contributed by atoms with Gasteiger partial charge in [-0.2, -0.15) is 0 Å². The molecular formula is C14H23NOS. The van der Waals surface area contributed by atoms with E-state index >= 15 is 0 Å². The molecule has 0 aliphatic carbocycles. The van der Waals surface area contributed by atoms with Crippen LogP contribution in [-0.2, 0) is 6.54 Å². The minimum absolute atomic E-state index is 0.127. The molecule has 0 fully saturated rings. The second kappa shape index (κ2) is 7.04. The first-order valence-electron chi connectivity index (χ1n) is 6.18. The number of aliphatic hydroxyl groups is 1. The van der Waals surface area contributed by atoms with Crippen molar-refractivity contribution in [2.24, 2.45) is 0 Å². The first-order chi connectivity index (χ1) is 8.19. The summed E-state index contributed by atoms with van der Waals surface area (Å²) in [6, 6.07) is 8.57. The number of aliphatic hydroxyl groups excluding tert-OH is 1. The van der Waals surface area contributed by atoms with Crippen LogP contribution in [-0.4, -0.2) is 23.5 Å². The van der Waals surface area contributed by atoms with E-state index in [1.807, 2.05) is 0 Å². The third-order valence-electron chi connectivity index (χ3n) is 3.48. The fourth-order valence-electron chi connectivity index (χ4n) is 1.81. The van der Waals surface area contributed by atoms with Crippen LogP contribution in [0.4, 0.5) is 0 Å². The average molecular weight is 253 g/mol. The van der Waals surface area contributed by atoms with Gasteiger partial charge in [-0.1, -0.05) is 26.0 Å². The molecule has 3 heteroatoms. The van der Waals surface area contributed by atoms with Gasteiger partial charge in [0.1, 0.15) is 0 Å². The molecule has 0 saturated carbocycles. The van der Waals surface area contributed by atoms with Gasteiger partial charge in [0.05, 0.1) is 6.61 Å². The smallest absolute Gasteiger partial charge is 0.0613 e. The molecule has 0 unspecified atom stereocenters. The molecule has 0 amide bonds. The van der Waals surface area contributed by atoms with Crippen molar-refractivity contribution in [2.45, 2.75) is 43.7 Å². The molecule has 0 saturated heterocycles. The van der Waals surface area contributed by atoms with E-state index < -0.39 is 0 Å². The summed E-state index contributed by atoms with van der Waals surface area (Å²) in [6.45, 7) is 5.24. The van der Waals surface area contributed by atoms with Gasteiger partial charge in [0, 0.05) is 17.0 Å². The number of nitrogens with one attached hydrogen (secondary N) is 1. The van der Waals surface area contributed by atoms with Gasteiger partial charge in [0.2, 0.25) is 0 Å². The zero-order valence-electron chi connectivity index (χ0n) is 11.0. The predicted octanol–water partition coefficient (Wildman–Crippen LogP) is 3.05. The second-order valence-electron chi connectivity index (χ2n) is 4.35. The molecule has 0 spiro atoms. The highest BCUT2D eigenvalue weighted by Gasteiger charge is 2.23. The fraction of sp³-hybridized carbons (Fsp3) is 0.571. The first kappa shape index (κ1) is 14.6. The van der Waals surface area contributed by atoms with Crippen LogP contribution in [0, 0.1) is 0 Å². The standard InChI is InChI=1S/C14H23NOS/c1-4-14(5-2,11-16)15-10-12-6-8-13(17-3)9-7-12/h6-9,15-16H,4-5,10-11H2,1-3H3. The van der Waals surface area contributed by atoms with E-state index in [1.165, 1.54) is 10.5 Å². The number of rotatable bonds is 7. The summed E-state index contributed by atoms with van der Waals surface area (Å²) in [5.41, 5.74) is 1.14. The molecule has 0 atom stereocenters. The Morgan fingerprint density at radius 1 is 1.18 bits per heavy atom. The van der Waals surface area contributed by atoms with E-state index in [2.05, 4.69) is 49.7 Å². The lowest BCUT2D eigenvalue weighted by atomic mass is 9.93. The monoisotopic (exact) mass is 253 g/mol. The maximum absolute atomic E-state index is 9.47. The summed E-state index contributed by atoms with van der Waals surface area (Å²) in [5, 5.41) is 13.0. The van der Waals surface area contributed by atoms with Crippen LogP contribution in [0.15, 0.2) is 29.2 Å². The Hall–Kier alpha value is -0.510. The summed E-state index contributed by atoms with van der Waals surface area (Å²) < 4.78 is 0. The first-order valence-corrected chi connectivity index (χ1v) is 7.41. The Bertz CT molecular complexity index is 311. The molecule has 0 bridgehead atoms. The molecule has 17 heavy (non-hydrogen) atoms. The summed E-state index contributed by atoms with van der Waals surface area (Å²) in [7, 11) is 0. The molecule has 0 aromatic heterocycles. The molecular weight excluding hydrogens is 230 g/mol. The third-order valence-corrected chi connectivity index (χ3v) is 4.23. The fourth-order valence-corrected chi connectivity index (χ4v) is 2.22. The van der Waals surface area contributed by atoms with E-state index in [0.717, 1.165) is 19.4 Å². The molecule has 0 heterocycles. The number of hydrogen-bond acceptors (Lipinski definition) is 3. The van der Waals surface area contributed by atoms with Crippen LogP contribution < -0.4 is 5.32 Å². The molecule has 1 aromatic carbocycles. The van der Waals surface area contributed by atoms with Crippen LogP contribution in [0.3, 0.4) is 0 Å². The van der Waals surface area contributed by atoms with Gasteiger partial charge in [-0.25, -0.2) is 0 Å². The third kappa shape index (κ3) is 4.02. The minimum atomic E-state index is -0.127. The topological polar surface area (TPSA) is 32.3 Å². The van der Waals surface area contributed by atoms with Crippen molar-refractivity contribution in [2.75, 3.05) is 12.9 Å². The lowest BCUT2D eigenvalue weighted by molar-refractivity contribution is 0.149. The van der Waals surface area contributed by atoms with Gasteiger partial charge in [-0.15, -0.1) is 11.8 Å². The van der Waals surface area contributed by atoms with Gasteiger partial charge in [-0.3, -0.25) is 0 Å². The molecule has 1 rings (SSSR count). The van der Waals surface area contributed by atoms with Crippen molar-refractivity contribution >= 4 is 11.8 Å². The van der Waals surface area contributed by atoms with Gasteiger partial charge in [0.15, 0.2) is 0 Å². The highest BCUT2D eigenvalue weighted by atomic mass is 32.2. The maximum atomic E-state index is 9.47. The SMILES string of the molecule is CCC(CC)(CO)NCc1ccc(SC)cc1.